The van der Waals surface area contributed by atoms with Crippen LogP contribution in [0.4, 0.5) is 0 Å². The van der Waals surface area contributed by atoms with Gasteiger partial charge in [-0.05, 0) is 25.1 Å². The summed E-state index contributed by atoms with van der Waals surface area (Å²) in [4.78, 5) is 0. The van der Waals surface area contributed by atoms with E-state index < -0.39 is 0 Å². The summed E-state index contributed by atoms with van der Waals surface area (Å²) >= 11 is 1.59. The Morgan fingerprint density at radius 2 is 2.43 bits per heavy atom. The number of hydrogen-bond donors (Lipinski definition) is 1. The lowest BCUT2D eigenvalue weighted by Gasteiger charge is -2.01. The van der Waals surface area contributed by atoms with Crippen molar-refractivity contribution < 1.29 is 4.42 Å². The average Bonchev–Trinajstić information content (AvgIpc) is 2.70. The first-order valence-electron chi connectivity index (χ1n) is 4.59. The zero-order chi connectivity index (χ0) is 9.10. The fraction of sp³-hybridized carbons (Fsp3) is 0.750. The van der Waals surface area contributed by atoms with E-state index in [-0.39, 0.29) is 12.4 Å². The average molecular weight is 236 g/mol. The van der Waals surface area contributed by atoms with Gasteiger partial charge in [0.05, 0.1) is 6.04 Å². The van der Waals surface area contributed by atoms with Crippen LogP contribution in [0.2, 0.25) is 0 Å². The minimum Gasteiger partial charge on any atom is -0.414 e. The van der Waals surface area contributed by atoms with Gasteiger partial charge in [-0.3, -0.25) is 0 Å². The van der Waals surface area contributed by atoms with Gasteiger partial charge in [0, 0.05) is 0 Å². The van der Waals surface area contributed by atoms with Crippen LogP contribution in [0.3, 0.4) is 0 Å². The highest BCUT2D eigenvalue weighted by Crippen LogP contribution is 2.24. The number of halogens is 1. The summed E-state index contributed by atoms with van der Waals surface area (Å²) in [7, 11) is 0. The Hall–Kier alpha value is -0.260. The summed E-state index contributed by atoms with van der Waals surface area (Å²) in [6, 6.07) is 0.290. The van der Waals surface area contributed by atoms with Crippen LogP contribution in [0.5, 0.6) is 0 Å². The molecule has 1 fully saturated rings. The Morgan fingerprint density at radius 1 is 1.57 bits per heavy atom. The lowest BCUT2D eigenvalue weighted by molar-refractivity contribution is 0.374. The number of nitrogens with one attached hydrogen (secondary N) is 1. The summed E-state index contributed by atoms with van der Waals surface area (Å²) in [6.07, 6.45) is 2.31. The normalized spacial score (nSPS) is 20.8. The maximum absolute atomic E-state index is 5.49. The molecule has 2 heterocycles. The maximum Gasteiger partial charge on any atom is 0.276 e. The first-order valence-corrected chi connectivity index (χ1v) is 5.58. The highest BCUT2D eigenvalue weighted by atomic mass is 35.5. The highest BCUT2D eigenvalue weighted by Gasteiger charge is 2.21. The van der Waals surface area contributed by atoms with E-state index in [1.807, 2.05) is 0 Å². The summed E-state index contributed by atoms with van der Waals surface area (Å²) in [5.41, 5.74) is 0. The van der Waals surface area contributed by atoms with E-state index >= 15 is 0 Å². The molecule has 1 atom stereocenters. The highest BCUT2D eigenvalue weighted by molar-refractivity contribution is 7.99. The van der Waals surface area contributed by atoms with Crippen molar-refractivity contribution >= 4 is 24.2 Å². The van der Waals surface area contributed by atoms with Gasteiger partial charge in [0.1, 0.15) is 0 Å². The molecule has 0 saturated carbocycles. The summed E-state index contributed by atoms with van der Waals surface area (Å²) in [5.74, 6) is 1.72. The number of thioether (sulfide) groups is 1. The molecule has 0 spiro atoms. The molecule has 2 rings (SSSR count). The van der Waals surface area contributed by atoms with Crippen molar-refractivity contribution in [1.29, 1.82) is 0 Å². The maximum atomic E-state index is 5.49. The molecule has 1 aliphatic rings. The van der Waals surface area contributed by atoms with Gasteiger partial charge in [-0.25, -0.2) is 0 Å². The predicted molar refractivity (Wildman–Crippen MR) is 57.9 cm³/mol. The molecule has 1 aliphatic heterocycles. The Kier molecular flexibility index (Phi) is 4.71. The van der Waals surface area contributed by atoms with Crippen molar-refractivity contribution in [3.63, 3.8) is 0 Å². The minimum absolute atomic E-state index is 0. The molecule has 6 heteroatoms. The van der Waals surface area contributed by atoms with Gasteiger partial charge in [0.25, 0.3) is 5.22 Å². The number of rotatable bonds is 3. The summed E-state index contributed by atoms with van der Waals surface area (Å²) < 4.78 is 5.49. The fourth-order valence-corrected chi connectivity index (χ4v) is 1.93. The van der Waals surface area contributed by atoms with E-state index in [0.717, 1.165) is 24.6 Å². The van der Waals surface area contributed by atoms with Gasteiger partial charge >= 0.3 is 0 Å². The summed E-state index contributed by atoms with van der Waals surface area (Å²) in [6.45, 7) is 3.13. The van der Waals surface area contributed by atoms with Gasteiger partial charge in [0.15, 0.2) is 0 Å². The molecule has 1 saturated heterocycles. The molecule has 0 aromatic carbocycles. The fourth-order valence-electron chi connectivity index (χ4n) is 1.44. The van der Waals surface area contributed by atoms with Crippen LogP contribution in [-0.2, 0) is 0 Å². The molecule has 80 valence electrons. The van der Waals surface area contributed by atoms with Gasteiger partial charge in [-0.1, -0.05) is 18.7 Å². The van der Waals surface area contributed by atoms with E-state index in [4.69, 9.17) is 4.42 Å². The van der Waals surface area contributed by atoms with Gasteiger partial charge in [-0.15, -0.1) is 22.6 Å². The van der Waals surface area contributed by atoms with E-state index in [2.05, 4.69) is 22.4 Å². The van der Waals surface area contributed by atoms with Gasteiger partial charge in [0.2, 0.25) is 5.89 Å². The number of nitrogens with zero attached hydrogens (tertiary/aromatic N) is 2. The van der Waals surface area contributed by atoms with Crippen LogP contribution in [0, 0.1) is 0 Å². The molecule has 0 unspecified atom stereocenters. The second kappa shape index (κ2) is 5.58. The van der Waals surface area contributed by atoms with Crippen molar-refractivity contribution in [2.75, 3.05) is 12.3 Å². The third-order valence-electron chi connectivity index (χ3n) is 2.05. The Balaban J connectivity index is 0.000000980. The minimum atomic E-state index is 0. The van der Waals surface area contributed by atoms with E-state index in [0.29, 0.717) is 11.3 Å². The molecule has 1 aromatic rings. The van der Waals surface area contributed by atoms with Gasteiger partial charge < -0.3 is 9.73 Å². The first kappa shape index (κ1) is 11.8. The standard InChI is InChI=1S/C8H13N3OS.ClH/c1-2-13-8-11-10-7(12-8)6-4-3-5-9-6;/h6,9H,2-5H2,1H3;1H/t6-;/m0./s1. The third kappa shape index (κ3) is 2.62. The van der Waals surface area contributed by atoms with Crippen molar-refractivity contribution in [3.05, 3.63) is 5.89 Å². The van der Waals surface area contributed by atoms with Crippen molar-refractivity contribution in [2.45, 2.75) is 31.0 Å². The molecular formula is C8H14ClN3OS. The largest absolute Gasteiger partial charge is 0.414 e. The van der Waals surface area contributed by atoms with Crippen LogP contribution >= 0.6 is 24.2 Å². The Labute approximate surface area is 93.6 Å². The molecule has 1 aromatic heterocycles. The molecule has 0 aliphatic carbocycles. The number of hydrogen-bond acceptors (Lipinski definition) is 5. The second-order valence-corrected chi connectivity index (χ2v) is 4.20. The Morgan fingerprint density at radius 3 is 3.07 bits per heavy atom. The van der Waals surface area contributed by atoms with E-state index in [1.165, 1.54) is 6.42 Å². The smallest absolute Gasteiger partial charge is 0.276 e. The zero-order valence-electron chi connectivity index (χ0n) is 8.02. The molecule has 0 amide bonds. The van der Waals surface area contributed by atoms with Crippen molar-refractivity contribution in [3.8, 4) is 0 Å². The Bertz CT molecular complexity index is 275. The van der Waals surface area contributed by atoms with Crippen molar-refractivity contribution in [2.24, 2.45) is 0 Å². The van der Waals surface area contributed by atoms with Crippen LogP contribution in [0.25, 0.3) is 0 Å². The van der Waals surface area contributed by atoms with Gasteiger partial charge in [-0.2, -0.15) is 0 Å². The molecular weight excluding hydrogens is 222 g/mol. The van der Waals surface area contributed by atoms with Crippen LogP contribution < -0.4 is 5.32 Å². The van der Waals surface area contributed by atoms with Crippen molar-refractivity contribution in [1.82, 2.24) is 15.5 Å². The zero-order valence-corrected chi connectivity index (χ0v) is 9.66. The molecule has 1 N–H and O–H groups in total. The predicted octanol–water partition coefficient (Wildman–Crippen LogP) is 2.03. The SMILES string of the molecule is CCSc1nnc([C@@H]2CCCN2)o1.Cl. The second-order valence-electron chi connectivity index (χ2n) is 2.99. The monoisotopic (exact) mass is 235 g/mol. The van der Waals surface area contributed by atoms with E-state index in [9.17, 15) is 0 Å². The molecule has 0 bridgehead atoms. The number of aromatic nitrogens is 2. The molecule has 0 radical (unpaired) electrons. The lowest BCUT2D eigenvalue weighted by Crippen LogP contribution is -2.12. The summed E-state index contributed by atoms with van der Waals surface area (Å²) in [5, 5.41) is 12.0. The lowest BCUT2D eigenvalue weighted by atomic mass is 10.2. The van der Waals surface area contributed by atoms with Crippen LogP contribution in [0.15, 0.2) is 9.64 Å². The quantitative estimate of drug-likeness (QED) is 0.813. The van der Waals surface area contributed by atoms with E-state index in [1.54, 1.807) is 11.8 Å². The van der Waals surface area contributed by atoms with Crippen LogP contribution in [-0.4, -0.2) is 22.5 Å². The molecule has 4 nitrogen and oxygen atoms in total. The van der Waals surface area contributed by atoms with Crippen LogP contribution in [0.1, 0.15) is 31.7 Å². The third-order valence-corrected chi connectivity index (χ3v) is 2.75. The topological polar surface area (TPSA) is 51.0 Å². The first-order chi connectivity index (χ1) is 6.40. The molecule has 14 heavy (non-hydrogen) atoms.